The van der Waals surface area contributed by atoms with Gasteiger partial charge in [0.1, 0.15) is 0 Å². The molecule has 20 heavy (non-hydrogen) atoms. The first-order chi connectivity index (χ1) is 9.44. The lowest BCUT2D eigenvalue weighted by Gasteiger charge is -2.41. The van der Waals surface area contributed by atoms with E-state index >= 15 is 0 Å². The monoisotopic (exact) mass is 277 g/mol. The van der Waals surface area contributed by atoms with Gasteiger partial charge in [0.15, 0.2) is 11.5 Å². The quantitative estimate of drug-likeness (QED) is 0.873. The number of hydrogen-bond donors (Lipinski definition) is 2. The normalized spacial score (nSPS) is 23.3. The molecule has 3 heteroatoms. The van der Waals surface area contributed by atoms with Crippen molar-refractivity contribution in [1.82, 2.24) is 5.32 Å². The topological polar surface area (TPSA) is 41.5 Å². The second-order valence-electron chi connectivity index (χ2n) is 6.61. The van der Waals surface area contributed by atoms with Gasteiger partial charge in [0.05, 0.1) is 7.11 Å². The van der Waals surface area contributed by atoms with Gasteiger partial charge in [-0.2, -0.15) is 0 Å². The zero-order chi connectivity index (χ0) is 14.8. The van der Waals surface area contributed by atoms with Gasteiger partial charge in [-0.25, -0.2) is 0 Å². The van der Waals surface area contributed by atoms with Gasteiger partial charge in [-0.3, -0.25) is 0 Å². The maximum atomic E-state index is 9.68. The van der Waals surface area contributed by atoms with E-state index in [9.17, 15) is 5.11 Å². The average Bonchev–Trinajstić information content (AvgIpc) is 2.41. The second kappa shape index (κ2) is 6.04. The van der Waals surface area contributed by atoms with Crippen molar-refractivity contribution in [2.45, 2.75) is 58.5 Å². The Morgan fingerprint density at radius 2 is 2.10 bits per heavy atom. The maximum Gasteiger partial charge on any atom is 0.160 e. The number of aromatic hydroxyl groups is 1. The first kappa shape index (κ1) is 15.2. The van der Waals surface area contributed by atoms with Gasteiger partial charge < -0.3 is 15.2 Å². The van der Waals surface area contributed by atoms with Crippen molar-refractivity contribution < 1.29 is 9.84 Å². The highest BCUT2D eigenvalue weighted by Gasteiger charge is 2.32. The minimum atomic E-state index is 0.196. The van der Waals surface area contributed by atoms with Gasteiger partial charge in [-0.15, -0.1) is 0 Å². The summed E-state index contributed by atoms with van der Waals surface area (Å²) >= 11 is 0. The molecule has 2 N–H and O–H groups in total. The fourth-order valence-electron chi connectivity index (χ4n) is 3.16. The summed E-state index contributed by atoms with van der Waals surface area (Å²) in [5.41, 5.74) is 1.51. The van der Waals surface area contributed by atoms with E-state index in [1.807, 2.05) is 12.1 Å². The molecule has 1 aliphatic carbocycles. The van der Waals surface area contributed by atoms with Gasteiger partial charge in [0.25, 0.3) is 0 Å². The Hall–Kier alpha value is -1.22. The molecule has 1 aromatic carbocycles. The smallest absolute Gasteiger partial charge is 0.160 e. The van der Waals surface area contributed by atoms with Gasteiger partial charge in [-0.05, 0) is 42.9 Å². The molecule has 1 fully saturated rings. The van der Waals surface area contributed by atoms with Gasteiger partial charge in [0.2, 0.25) is 0 Å². The summed E-state index contributed by atoms with van der Waals surface area (Å²) in [4.78, 5) is 0. The first-order valence-electron chi connectivity index (χ1n) is 7.57. The van der Waals surface area contributed by atoms with Crippen LogP contribution in [-0.4, -0.2) is 18.3 Å². The molecule has 0 bridgehead atoms. The summed E-state index contributed by atoms with van der Waals surface area (Å²) in [7, 11) is 1.58. The minimum Gasteiger partial charge on any atom is -0.504 e. The molecule has 0 spiro atoms. The molecule has 1 saturated carbocycles. The molecule has 0 aromatic heterocycles. The van der Waals surface area contributed by atoms with Crippen molar-refractivity contribution in [2.24, 2.45) is 5.41 Å². The second-order valence-corrected chi connectivity index (χ2v) is 6.61. The predicted molar refractivity (Wildman–Crippen MR) is 82.2 cm³/mol. The van der Waals surface area contributed by atoms with Crippen molar-refractivity contribution in [3.8, 4) is 11.5 Å². The van der Waals surface area contributed by atoms with Gasteiger partial charge in [0, 0.05) is 12.1 Å². The summed E-state index contributed by atoms with van der Waals surface area (Å²) < 4.78 is 5.19. The molecule has 0 radical (unpaired) electrons. The van der Waals surface area contributed by atoms with E-state index in [1.165, 1.54) is 25.7 Å². The van der Waals surface area contributed by atoms with E-state index in [1.54, 1.807) is 13.2 Å². The number of nitrogens with one attached hydrogen (secondary N) is 1. The summed E-state index contributed by atoms with van der Waals surface area (Å²) in [6.45, 7) is 6.89. The predicted octanol–water partition coefficient (Wildman–Crippen LogP) is 4.02. The van der Waals surface area contributed by atoms with Crippen LogP contribution in [-0.2, 0) is 0 Å². The number of methoxy groups -OCH3 is 1. The molecule has 0 heterocycles. The number of phenolic OH excluding ortho intramolecular Hbond substituents is 1. The molecule has 2 rings (SSSR count). The lowest BCUT2D eigenvalue weighted by Crippen LogP contribution is -2.45. The molecule has 2 atom stereocenters. The van der Waals surface area contributed by atoms with E-state index < -0.39 is 0 Å². The summed E-state index contributed by atoms with van der Waals surface area (Å²) in [5.74, 6) is 0.737. The van der Waals surface area contributed by atoms with Crippen molar-refractivity contribution in [2.75, 3.05) is 7.11 Å². The van der Waals surface area contributed by atoms with E-state index in [0.717, 1.165) is 5.56 Å². The standard InChI is InChI=1S/C17H27NO2/c1-12(13-8-9-14(19)15(11-13)20-4)18-16-7-5-6-10-17(16,2)3/h8-9,11-12,16,18-19H,5-7,10H2,1-4H3. The molecule has 0 amide bonds. The fourth-order valence-corrected chi connectivity index (χ4v) is 3.16. The highest BCUT2D eigenvalue weighted by Crippen LogP contribution is 2.37. The van der Waals surface area contributed by atoms with Gasteiger partial charge >= 0.3 is 0 Å². The fraction of sp³-hybridized carbons (Fsp3) is 0.647. The Bertz CT molecular complexity index is 456. The highest BCUT2D eigenvalue weighted by molar-refractivity contribution is 5.42. The molecular formula is C17H27NO2. The van der Waals surface area contributed by atoms with Crippen LogP contribution in [0.15, 0.2) is 18.2 Å². The molecule has 1 aromatic rings. The Balaban J connectivity index is 2.09. The molecule has 3 nitrogen and oxygen atoms in total. The Labute approximate surface area is 122 Å². The minimum absolute atomic E-state index is 0.196. The van der Waals surface area contributed by atoms with Crippen molar-refractivity contribution >= 4 is 0 Å². The van der Waals surface area contributed by atoms with Crippen molar-refractivity contribution in [3.63, 3.8) is 0 Å². The van der Waals surface area contributed by atoms with Crippen LogP contribution in [0.25, 0.3) is 0 Å². The average molecular weight is 277 g/mol. The summed E-state index contributed by atoms with van der Waals surface area (Å²) in [5, 5.41) is 13.4. The summed E-state index contributed by atoms with van der Waals surface area (Å²) in [6.07, 6.45) is 5.18. The highest BCUT2D eigenvalue weighted by atomic mass is 16.5. The number of rotatable bonds is 4. The maximum absolute atomic E-state index is 9.68. The first-order valence-corrected chi connectivity index (χ1v) is 7.57. The van der Waals surface area contributed by atoms with E-state index in [2.05, 4.69) is 26.1 Å². The lowest BCUT2D eigenvalue weighted by molar-refractivity contribution is 0.157. The zero-order valence-corrected chi connectivity index (χ0v) is 13.1. The van der Waals surface area contributed by atoms with E-state index in [0.29, 0.717) is 17.2 Å². The number of ether oxygens (including phenoxy) is 1. The Morgan fingerprint density at radius 1 is 1.35 bits per heavy atom. The molecular weight excluding hydrogens is 250 g/mol. The third-order valence-corrected chi connectivity index (χ3v) is 4.66. The third kappa shape index (κ3) is 3.26. The molecule has 1 aliphatic rings. The van der Waals surface area contributed by atoms with Crippen LogP contribution >= 0.6 is 0 Å². The molecule has 0 aliphatic heterocycles. The third-order valence-electron chi connectivity index (χ3n) is 4.66. The molecule has 0 saturated heterocycles. The number of hydrogen-bond acceptors (Lipinski definition) is 3. The van der Waals surface area contributed by atoms with Crippen LogP contribution in [0.3, 0.4) is 0 Å². The van der Waals surface area contributed by atoms with Crippen molar-refractivity contribution in [3.05, 3.63) is 23.8 Å². The van der Waals surface area contributed by atoms with Crippen LogP contribution < -0.4 is 10.1 Å². The van der Waals surface area contributed by atoms with E-state index in [4.69, 9.17) is 4.74 Å². The molecule has 2 unspecified atom stereocenters. The van der Waals surface area contributed by atoms with Crippen LogP contribution in [0.1, 0.15) is 58.1 Å². The molecule has 112 valence electrons. The Kier molecular flexibility index (Phi) is 4.59. The number of phenols is 1. The summed E-state index contributed by atoms with van der Waals surface area (Å²) in [6, 6.07) is 6.39. The lowest BCUT2D eigenvalue weighted by atomic mass is 9.73. The zero-order valence-electron chi connectivity index (χ0n) is 13.1. The largest absolute Gasteiger partial charge is 0.504 e. The van der Waals surface area contributed by atoms with Crippen LogP contribution in [0.5, 0.6) is 11.5 Å². The van der Waals surface area contributed by atoms with E-state index in [-0.39, 0.29) is 11.8 Å². The van der Waals surface area contributed by atoms with Crippen LogP contribution in [0, 0.1) is 5.41 Å². The SMILES string of the molecule is COc1cc(C(C)NC2CCCCC2(C)C)ccc1O. The van der Waals surface area contributed by atoms with Crippen molar-refractivity contribution in [1.29, 1.82) is 0 Å². The van der Waals surface area contributed by atoms with Crippen LogP contribution in [0.2, 0.25) is 0 Å². The van der Waals surface area contributed by atoms with Gasteiger partial charge in [-0.1, -0.05) is 32.8 Å². The van der Waals surface area contributed by atoms with Crippen LogP contribution in [0.4, 0.5) is 0 Å². The Morgan fingerprint density at radius 3 is 2.75 bits per heavy atom. The number of benzene rings is 1.